The number of nitrogens with one attached hydrogen (secondary N) is 1. The first-order chi connectivity index (χ1) is 8.08. The summed E-state index contributed by atoms with van der Waals surface area (Å²) < 4.78 is 14.9. The molecule has 0 unspecified atom stereocenters. The molecule has 0 fully saturated rings. The van der Waals surface area contributed by atoms with E-state index in [1.807, 2.05) is 0 Å². The number of aryl methyl sites for hydroxylation is 2. The molecule has 5 heteroatoms. The molecule has 0 saturated heterocycles. The molecule has 0 bridgehead atoms. The maximum atomic E-state index is 13.3. The van der Waals surface area contributed by atoms with Gasteiger partial charge in [-0.05, 0) is 19.1 Å². The van der Waals surface area contributed by atoms with Gasteiger partial charge in [-0.15, -0.1) is 0 Å². The predicted molar refractivity (Wildman–Crippen MR) is 62.3 cm³/mol. The summed E-state index contributed by atoms with van der Waals surface area (Å²) in [6.07, 6.45) is 1.73. The third-order valence-corrected chi connectivity index (χ3v) is 2.35. The zero-order valence-corrected chi connectivity index (χ0v) is 9.57. The topological polar surface area (TPSA) is 46.9 Å². The molecule has 1 heterocycles. The van der Waals surface area contributed by atoms with Crippen LogP contribution in [0.1, 0.15) is 16.1 Å². The van der Waals surface area contributed by atoms with Gasteiger partial charge in [0.1, 0.15) is 5.82 Å². The fourth-order valence-electron chi connectivity index (χ4n) is 1.58. The number of amides is 1. The molecular weight excluding hydrogens is 221 g/mol. The van der Waals surface area contributed by atoms with E-state index >= 15 is 0 Å². The molecule has 0 saturated carbocycles. The minimum atomic E-state index is -0.463. The van der Waals surface area contributed by atoms with Gasteiger partial charge in [0.2, 0.25) is 0 Å². The van der Waals surface area contributed by atoms with Gasteiger partial charge in [-0.25, -0.2) is 4.39 Å². The maximum Gasteiger partial charge on any atom is 0.276 e. The summed E-state index contributed by atoms with van der Waals surface area (Å²) in [6, 6.07) is 6.02. The Hall–Kier alpha value is -2.17. The lowest BCUT2D eigenvalue weighted by molar-refractivity contribution is 0.102. The van der Waals surface area contributed by atoms with Gasteiger partial charge in [-0.2, -0.15) is 5.10 Å². The normalized spacial score (nSPS) is 10.3. The zero-order valence-electron chi connectivity index (χ0n) is 9.57. The molecule has 0 aliphatic carbocycles. The van der Waals surface area contributed by atoms with E-state index in [0.717, 1.165) is 5.56 Å². The third-order valence-electron chi connectivity index (χ3n) is 2.35. The van der Waals surface area contributed by atoms with Crippen molar-refractivity contribution in [1.29, 1.82) is 0 Å². The summed E-state index contributed by atoms with van der Waals surface area (Å²) in [5.41, 5.74) is 1.21. The second-order valence-corrected chi connectivity index (χ2v) is 3.77. The first-order valence-corrected chi connectivity index (χ1v) is 5.14. The van der Waals surface area contributed by atoms with Gasteiger partial charge in [0.15, 0.2) is 5.69 Å². The van der Waals surface area contributed by atoms with E-state index < -0.39 is 11.7 Å². The molecule has 0 radical (unpaired) electrons. The number of aromatic nitrogens is 2. The first-order valence-electron chi connectivity index (χ1n) is 5.14. The number of nitrogens with zero attached hydrogens (tertiary/aromatic N) is 2. The lowest BCUT2D eigenvalue weighted by atomic mass is 10.2. The lowest BCUT2D eigenvalue weighted by Gasteiger charge is -2.04. The highest BCUT2D eigenvalue weighted by atomic mass is 19.1. The van der Waals surface area contributed by atoms with Crippen molar-refractivity contribution in [2.24, 2.45) is 7.05 Å². The summed E-state index contributed by atoms with van der Waals surface area (Å²) in [4.78, 5) is 11.8. The fraction of sp³-hybridized carbons (Fsp3) is 0.167. The second-order valence-electron chi connectivity index (χ2n) is 3.77. The molecule has 4 nitrogen and oxygen atoms in total. The second kappa shape index (κ2) is 4.37. The minimum absolute atomic E-state index is 0.155. The van der Waals surface area contributed by atoms with Crippen molar-refractivity contribution >= 4 is 11.6 Å². The number of halogens is 1. The first kappa shape index (κ1) is 11.3. The van der Waals surface area contributed by atoms with Crippen molar-refractivity contribution in [2.75, 3.05) is 5.32 Å². The molecule has 88 valence electrons. The molecule has 0 spiro atoms. The van der Waals surface area contributed by atoms with Crippen molar-refractivity contribution in [2.45, 2.75) is 6.92 Å². The summed E-state index contributed by atoms with van der Waals surface area (Å²) in [5.74, 6) is -0.873. The van der Waals surface area contributed by atoms with E-state index in [4.69, 9.17) is 0 Å². The van der Waals surface area contributed by atoms with Crippen LogP contribution in [-0.2, 0) is 7.05 Å². The van der Waals surface area contributed by atoms with E-state index in [9.17, 15) is 9.18 Å². The smallest absolute Gasteiger partial charge is 0.276 e. The Balaban J connectivity index is 2.23. The molecule has 2 rings (SSSR count). The molecule has 0 aliphatic rings. The third kappa shape index (κ3) is 2.33. The Labute approximate surface area is 98.1 Å². The Kier molecular flexibility index (Phi) is 2.91. The van der Waals surface area contributed by atoms with Crippen LogP contribution in [0.3, 0.4) is 0 Å². The Morgan fingerprint density at radius 2 is 2.12 bits per heavy atom. The number of benzene rings is 1. The number of hydrogen-bond donors (Lipinski definition) is 1. The van der Waals surface area contributed by atoms with Crippen LogP contribution in [0.4, 0.5) is 10.1 Å². The van der Waals surface area contributed by atoms with Crippen LogP contribution < -0.4 is 5.32 Å². The van der Waals surface area contributed by atoms with Gasteiger partial charge in [-0.3, -0.25) is 9.48 Å². The average Bonchev–Trinajstić information content (AvgIpc) is 2.61. The van der Waals surface area contributed by atoms with E-state index in [-0.39, 0.29) is 5.69 Å². The highest BCUT2D eigenvalue weighted by Crippen LogP contribution is 2.14. The highest BCUT2D eigenvalue weighted by Gasteiger charge is 2.14. The van der Waals surface area contributed by atoms with E-state index in [2.05, 4.69) is 10.4 Å². The fourth-order valence-corrected chi connectivity index (χ4v) is 1.58. The SMILES string of the molecule is Cc1cn(C)nc1C(=O)Nc1ccccc1F. The van der Waals surface area contributed by atoms with E-state index in [0.29, 0.717) is 5.69 Å². The molecule has 0 aliphatic heterocycles. The van der Waals surface area contributed by atoms with Gasteiger partial charge in [0.25, 0.3) is 5.91 Å². The van der Waals surface area contributed by atoms with Gasteiger partial charge >= 0.3 is 0 Å². The Morgan fingerprint density at radius 1 is 1.41 bits per heavy atom. The molecule has 1 aromatic carbocycles. The van der Waals surface area contributed by atoms with Crippen molar-refractivity contribution < 1.29 is 9.18 Å². The highest BCUT2D eigenvalue weighted by molar-refractivity contribution is 6.03. The minimum Gasteiger partial charge on any atom is -0.318 e. The molecule has 17 heavy (non-hydrogen) atoms. The molecule has 2 aromatic rings. The number of hydrogen-bond acceptors (Lipinski definition) is 2. The molecule has 1 amide bonds. The van der Waals surface area contributed by atoms with Gasteiger partial charge < -0.3 is 5.32 Å². The van der Waals surface area contributed by atoms with E-state index in [1.54, 1.807) is 37.0 Å². The zero-order chi connectivity index (χ0) is 12.4. The summed E-state index contributed by atoms with van der Waals surface area (Å²) in [6.45, 7) is 1.78. The van der Waals surface area contributed by atoms with Crippen LogP contribution in [0.25, 0.3) is 0 Å². The lowest BCUT2D eigenvalue weighted by Crippen LogP contribution is -2.15. The molecule has 1 aromatic heterocycles. The Bertz CT molecular complexity index is 563. The van der Waals surface area contributed by atoms with Gasteiger partial charge in [0, 0.05) is 18.8 Å². The average molecular weight is 233 g/mol. The quantitative estimate of drug-likeness (QED) is 0.863. The molecular formula is C12H12FN3O. The number of rotatable bonds is 2. The van der Waals surface area contributed by atoms with Crippen LogP contribution in [0.2, 0.25) is 0 Å². The van der Waals surface area contributed by atoms with Crippen LogP contribution in [0, 0.1) is 12.7 Å². The number of carbonyl (C=O) groups excluding carboxylic acids is 1. The van der Waals surface area contributed by atoms with Gasteiger partial charge in [-0.1, -0.05) is 12.1 Å². The molecule has 0 atom stereocenters. The summed E-state index contributed by atoms with van der Waals surface area (Å²) in [7, 11) is 1.73. The van der Waals surface area contributed by atoms with Crippen LogP contribution in [0.5, 0.6) is 0 Å². The largest absolute Gasteiger partial charge is 0.318 e. The van der Waals surface area contributed by atoms with E-state index in [1.165, 1.54) is 12.1 Å². The van der Waals surface area contributed by atoms with Crippen molar-refractivity contribution in [3.05, 3.63) is 47.5 Å². The van der Waals surface area contributed by atoms with Crippen LogP contribution >= 0.6 is 0 Å². The summed E-state index contributed by atoms with van der Waals surface area (Å²) in [5, 5.41) is 6.51. The number of carbonyl (C=O) groups is 1. The predicted octanol–water partition coefficient (Wildman–Crippen LogP) is 2.12. The van der Waals surface area contributed by atoms with Crippen molar-refractivity contribution in [3.63, 3.8) is 0 Å². The summed E-state index contributed by atoms with van der Waals surface area (Å²) >= 11 is 0. The number of anilines is 1. The maximum absolute atomic E-state index is 13.3. The monoisotopic (exact) mass is 233 g/mol. The molecule has 1 N–H and O–H groups in total. The number of para-hydroxylation sites is 1. The van der Waals surface area contributed by atoms with Crippen LogP contribution in [0.15, 0.2) is 30.5 Å². The standard InChI is InChI=1S/C12H12FN3O/c1-8-7-16(2)15-11(8)12(17)14-10-6-4-3-5-9(10)13/h3-7H,1-2H3,(H,14,17). The van der Waals surface area contributed by atoms with Crippen LogP contribution in [-0.4, -0.2) is 15.7 Å². The van der Waals surface area contributed by atoms with Gasteiger partial charge in [0.05, 0.1) is 5.69 Å². The Morgan fingerprint density at radius 3 is 2.71 bits per heavy atom. The van der Waals surface area contributed by atoms with Crippen molar-refractivity contribution in [3.8, 4) is 0 Å². The van der Waals surface area contributed by atoms with Crippen molar-refractivity contribution in [1.82, 2.24) is 9.78 Å².